The van der Waals surface area contributed by atoms with Gasteiger partial charge in [-0.05, 0) is 42.3 Å². The Bertz CT molecular complexity index is 876. The molecule has 0 saturated heterocycles. The molecule has 0 bridgehead atoms. The predicted octanol–water partition coefficient (Wildman–Crippen LogP) is 4.50. The molecule has 1 amide bonds. The molecular formula is C17H14ClFN2O2. The van der Waals surface area contributed by atoms with Gasteiger partial charge in [-0.15, -0.1) is 0 Å². The molecule has 0 spiro atoms. The summed E-state index contributed by atoms with van der Waals surface area (Å²) in [5.74, 6) is -0.0620. The number of hydrogen-bond donors (Lipinski definition) is 1. The average molecular weight is 333 g/mol. The molecule has 1 aromatic heterocycles. The van der Waals surface area contributed by atoms with Crippen LogP contribution < -0.4 is 5.32 Å². The molecule has 0 unspecified atom stereocenters. The van der Waals surface area contributed by atoms with Crippen molar-refractivity contribution in [3.63, 3.8) is 0 Å². The van der Waals surface area contributed by atoms with Crippen LogP contribution >= 0.6 is 11.6 Å². The van der Waals surface area contributed by atoms with Crippen LogP contribution in [-0.2, 0) is 11.2 Å². The van der Waals surface area contributed by atoms with Gasteiger partial charge in [-0.3, -0.25) is 4.79 Å². The third-order valence-corrected chi connectivity index (χ3v) is 3.69. The monoisotopic (exact) mass is 332 g/mol. The minimum Gasteiger partial charge on any atom is -0.441 e. The molecular weight excluding hydrogens is 319 g/mol. The maximum Gasteiger partial charge on any atom is 0.224 e. The van der Waals surface area contributed by atoms with Crippen molar-refractivity contribution in [1.82, 2.24) is 4.98 Å². The van der Waals surface area contributed by atoms with Crippen LogP contribution in [0.15, 0.2) is 40.8 Å². The van der Waals surface area contributed by atoms with Crippen LogP contribution in [0.4, 0.5) is 10.1 Å². The van der Waals surface area contributed by atoms with Crippen LogP contribution in [0.3, 0.4) is 0 Å². The Hall–Kier alpha value is -2.40. The number of aromatic nitrogens is 1. The molecule has 1 N–H and O–H groups in total. The summed E-state index contributed by atoms with van der Waals surface area (Å²) in [6.07, 6.45) is 0.875. The summed E-state index contributed by atoms with van der Waals surface area (Å²) in [4.78, 5) is 16.2. The van der Waals surface area contributed by atoms with Crippen LogP contribution in [0.5, 0.6) is 0 Å². The van der Waals surface area contributed by atoms with E-state index < -0.39 is 5.82 Å². The minimum atomic E-state index is -0.513. The third kappa shape index (κ3) is 3.68. The van der Waals surface area contributed by atoms with Gasteiger partial charge in [0.05, 0.1) is 5.02 Å². The number of oxazole rings is 1. The van der Waals surface area contributed by atoms with Crippen molar-refractivity contribution in [3.05, 3.63) is 58.7 Å². The number of halogens is 2. The summed E-state index contributed by atoms with van der Waals surface area (Å²) in [5.41, 5.74) is 2.99. The van der Waals surface area contributed by atoms with Crippen molar-refractivity contribution in [3.8, 4) is 0 Å². The van der Waals surface area contributed by atoms with Gasteiger partial charge in [-0.1, -0.05) is 17.7 Å². The van der Waals surface area contributed by atoms with Crippen LogP contribution in [0.2, 0.25) is 5.02 Å². The number of carbonyl (C=O) groups is 1. The summed E-state index contributed by atoms with van der Waals surface area (Å²) in [6, 6.07) is 9.76. The molecule has 0 atom stereocenters. The highest BCUT2D eigenvalue weighted by atomic mass is 35.5. The van der Waals surface area contributed by atoms with Gasteiger partial charge in [0.15, 0.2) is 11.5 Å². The normalized spacial score (nSPS) is 10.9. The topological polar surface area (TPSA) is 55.1 Å². The minimum absolute atomic E-state index is 0.0188. The Morgan fingerprint density at radius 3 is 2.91 bits per heavy atom. The first-order chi connectivity index (χ1) is 11.0. The van der Waals surface area contributed by atoms with E-state index in [-0.39, 0.29) is 10.9 Å². The summed E-state index contributed by atoms with van der Waals surface area (Å²) < 4.78 is 18.5. The highest BCUT2D eigenvalue weighted by Crippen LogP contribution is 2.20. The maximum absolute atomic E-state index is 13.1. The first-order valence-corrected chi connectivity index (χ1v) is 7.50. The summed E-state index contributed by atoms with van der Waals surface area (Å²) >= 11 is 5.69. The van der Waals surface area contributed by atoms with Gasteiger partial charge in [0.25, 0.3) is 0 Å². The van der Waals surface area contributed by atoms with Crippen molar-refractivity contribution < 1.29 is 13.6 Å². The molecule has 0 aliphatic rings. The van der Waals surface area contributed by atoms with E-state index in [9.17, 15) is 9.18 Å². The Kier molecular flexibility index (Phi) is 4.30. The largest absolute Gasteiger partial charge is 0.441 e. The third-order valence-electron chi connectivity index (χ3n) is 3.40. The number of nitrogens with zero attached hydrogens (tertiary/aromatic N) is 1. The number of carbonyl (C=O) groups excluding carboxylic acids is 1. The van der Waals surface area contributed by atoms with E-state index in [1.165, 1.54) is 18.2 Å². The molecule has 0 aliphatic heterocycles. The molecule has 0 fully saturated rings. The van der Waals surface area contributed by atoms with Gasteiger partial charge in [-0.25, -0.2) is 9.37 Å². The predicted molar refractivity (Wildman–Crippen MR) is 87.1 cm³/mol. The SMILES string of the molecule is Cc1nc2cc(CCC(=O)Nc3ccc(F)c(Cl)c3)ccc2o1. The van der Waals surface area contributed by atoms with E-state index in [1.807, 2.05) is 18.2 Å². The second-order valence-corrected chi connectivity index (χ2v) is 5.62. The number of fused-ring (bicyclic) bond motifs is 1. The van der Waals surface area contributed by atoms with E-state index in [2.05, 4.69) is 10.3 Å². The zero-order valence-corrected chi connectivity index (χ0v) is 13.2. The number of hydrogen-bond acceptors (Lipinski definition) is 3. The lowest BCUT2D eigenvalue weighted by Crippen LogP contribution is -2.12. The van der Waals surface area contributed by atoms with Crippen molar-refractivity contribution in [2.45, 2.75) is 19.8 Å². The molecule has 23 heavy (non-hydrogen) atoms. The van der Waals surface area contributed by atoms with E-state index in [0.717, 1.165) is 16.7 Å². The van der Waals surface area contributed by atoms with Gasteiger partial charge in [-0.2, -0.15) is 0 Å². The number of benzene rings is 2. The number of amides is 1. The fourth-order valence-electron chi connectivity index (χ4n) is 2.30. The highest BCUT2D eigenvalue weighted by molar-refractivity contribution is 6.31. The van der Waals surface area contributed by atoms with Crippen LogP contribution in [0, 0.1) is 12.7 Å². The van der Waals surface area contributed by atoms with E-state index in [4.69, 9.17) is 16.0 Å². The van der Waals surface area contributed by atoms with Gasteiger partial charge >= 0.3 is 0 Å². The summed E-state index contributed by atoms with van der Waals surface area (Å²) in [6.45, 7) is 1.79. The lowest BCUT2D eigenvalue weighted by Gasteiger charge is -2.06. The molecule has 3 aromatic rings. The second-order valence-electron chi connectivity index (χ2n) is 5.21. The Balaban J connectivity index is 1.62. The summed E-state index contributed by atoms with van der Waals surface area (Å²) in [5, 5.41) is 2.68. The molecule has 6 heteroatoms. The first kappa shape index (κ1) is 15.5. The Morgan fingerprint density at radius 2 is 2.13 bits per heavy atom. The van der Waals surface area contributed by atoms with E-state index in [0.29, 0.717) is 24.4 Å². The van der Waals surface area contributed by atoms with E-state index in [1.54, 1.807) is 6.92 Å². The molecule has 0 saturated carbocycles. The molecule has 0 aliphatic carbocycles. The zero-order chi connectivity index (χ0) is 16.4. The second kappa shape index (κ2) is 6.38. The number of nitrogens with one attached hydrogen (secondary N) is 1. The van der Waals surface area contributed by atoms with Gasteiger partial charge in [0.2, 0.25) is 5.91 Å². The molecule has 0 radical (unpaired) electrons. The number of anilines is 1. The summed E-state index contributed by atoms with van der Waals surface area (Å²) in [7, 11) is 0. The van der Waals surface area contributed by atoms with Crippen LogP contribution in [-0.4, -0.2) is 10.9 Å². The zero-order valence-electron chi connectivity index (χ0n) is 12.4. The van der Waals surface area contributed by atoms with E-state index >= 15 is 0 Å². The fourth-order valence-corrected chi connectivity index (χ4v) is 2.48. The number of rotatable bonds is 4. The van der Waals surface area contributed by atoms with Gasteiger partial charge in [0, 0.05) is 19.0 Å². The Morgan fingerprint density at radius 1 is 1.30 bits per heavy atom. The van der Waals surface area contributed by atoms with Gasteiger partial charge in [0.1, 0.15) is 11.3 Å². The molecule has 118 valence electrons. The smallest absolute Gasteiger partial charge is 0.224 e. The first-order valence-electron chi connectivity index (χ1n) is 7.12. The van der Waals surface area contributed by atoms with Crippen molar-refractivity contribution in [2.75, 3.05) is 5.32 Å². The molecule has 1 heterocycles. The molecule has 4 nitrogen and oxygen atoms in total. The van der Waals surface area contributed by atoms with Crippen LogP contribution in [0.25, 0.3) is 11.1 Å². The quantitative estimate of drug-likeness (QED) is 0.765. The highest BCUT2D eigenvalue weighted by Gasteiger charge is 2.08. The lowest BCUT2D eigenvalue weighted by atomic mass is 10.1. The maximum atomic E-state index is 13.1. The van der Waals surface area contributed by atoms with Gasteiger partial charge < -0.3 is 9.73 Å². The Labute approximate surface area is 137 Å². The fraction of sp³-hybridized carbons (Fsp3) is 0.176. The lowest BCUT2D eigenvalue weighted by molar-refractivity contribution is -0.116. The molecule has 2 aromatic carbocycles. The molecule has 3 rings (SSSR count). The standard InChI is InChI=1S/C17H14ClFN2O2/c1-10-20-15-8-11(2-6-16(15)23-10)3-7-17(22)21-12-4-5-14(19)13(18)9-12/h2,4-6,8-9H,3,7H2,1H3,(H,21,22). The average Bonchev–Trinajstić information content (AvgIpc) is 2.88. The number of aryl methyl sites for hydroxylation is 2. The van der Waals surface area contributed by atoms with Crippen LogP contribution in [0.1, 0.15) is 17.9 Å². The van der Waals surface area contributed by atoms with Crippen molar-refractivity contribution in [1.29, 1.82) is 0 Å². The van der Waals surface area contributed by atoms with Crippen molar-refractivity contribution >= 4 is 34.3 Å². The van der Waals surface area contributed by atoms with Crippen molar-refractivity contribution in [2.24, 2.45) is 0 Å².